The zero-order chi connectivity index (χ0) is 21.3. The number of aromatic nitrogens is 1. The van der Waals surface area contributed by atoms with Crippen LogP contribution in [0.2, 0.25) is 0 Å². The summed E-state index contributed by atoms with van der Waals surface area (Å²) in [6.07, 6.45) is 0. The van der Waals surface area contributed by atoms with E-state index in [-0.39, 0.29) is 16.8 Å². The van der Waals surface area contributed by atoms with Crippen molar-refractivity contribution in [2.45, 2.75) is 6.92 Å². The van der Waals surface area contributed by atoms with Gasteiger partial charge in [0.25, 0.3) is 5.91 Å². The van der Waals surface area contributed by atoms with E-state index in [2.05, 4.69) is 31.5 Å². The summed E-state index contributed by atoms with van der Waals surface area (Å²) in [5, 5.41) is 16.1. The van der Waals surface area contributed by atoms with E-state index in [9.17, 15) is 9.90 Å². The molecule has 3 N–H and O–H groups in total. The molecule has 0 aliphatic carbocycles. The number of nitrogens with one attached hydrogen (secondary N) is 2. The van der Waals surface area contributed by atoms with Gasteiger partial charge in [0.1, 0.15) is 11.3 Å². The molecule has 4 aromatic rings. The Labute approximate surface area is 186 Å². The van der Waals surface area contributed by atoms with Crippen LogP contribution in [0.5, 0.6) is 5.75 Å². The van der Waals surface area contributed by atoms with E-state index in [1.165, 1.54) is 6.07 Å². The van der Waals surface area contributed by atoms with Gasteiger partial charge in [-0.2, -0.15) is 0 Å². The minimum Gasteiger partial charge on any atom is -0.507 e. The lowest BCUT2D eigenvalue weighted by atomic mass is 10.2. The number of oxazole rings is 1. The number of amides is 1. The molecule has 0 saturated carbocycles. The first-order valence-electron chi connectivity index (χ1n) is 8.98. The number of fused-ring (bicyclic) bond motifs is 1. The van der Waals surface area contributed by atoms with E-state index in [1.54, 1.807) is 30.3 Å². The number of rotatable bonds is 3. The van der Waals surface area contributed by atoms with Gasteiger partial charge in [-0.25, -0.2) is 4.98 Å². The molecule has 0 spiro atoms. The quantitative estimate of drug-likeness (QED) is 0.339. The summed E-state index contributed by atoms with van der Waals surface area (Å²) in [6.45, 7) is 1.98. The van der Waals surface area contributed by atoms with Gasteiger partial charge in [0.05, 0.1) is 11.1 Å². The zero-order valence-corrected chi connectivity index (χ0v) is 18.2. The molecule has 0 radical (unpaired) electrons. The molecule has 150 valence electrons. The summed E-state index contributed by atoms with van der Waals surface area (Å²) in [7, 11) is 0. The normalized spacial score (nSPS) is 10.7. The maximum Gasteiger partial charge on any atom is 0.258 e. The Bertz CT molecular complexity index is 1290. The van der Waals surface area contributed by atoms with Crippen molar-refractivity contribution >= 4 is 56.0 Å². The summed E-state index contributed by atoms with van der Waals surface area (Å²) < 4.78 is 6.41. The smallest absolute Gasteiger partial charge is 0.258 e. The molecule has 1 heterocycles. The highest BCUT2D eigenvalue weighted by molar-refractivity contribution is 9.10. The number of carbonyl (C=O) groups is 1. The maximum absolute atomic E-state index is 12.3. The van der Waals surface area contributed by atoms with Crippen molar-refractivity contribution in [2.75, 3.05) is 5.32 Å². The lowest BCUT2D eigenvalue weighted by Crippen LogP contribution is -2.34. The Kier molecular flexibility index (Phi) is 5.52. The predicted octanol–water partition coefficient (Wildman–Crippen LogP) is 5.40. The summed E-state index contributed by atoms with van der Waals surface area (Å²) >= 11 is 8.55. The van der Waals surface area contributed by atoms with Crippen LogP contribution in [-0.2, 0) is 0 Å². The van der Waals surface area contributed by atoms with Gasteiger partial charge in [-0.05, 0) is 77.0 Å². The third kappa shape index (κ3) is 4.19. The minimum absolute atomic E-state index is 0.0248. The number of nitrogens with zero attached hydrogens (tertiary/aromatic N) is 1. The topological polar surface area (TPSA) is 87.4 Å². The molecule has 0 saturated heterocycles. The number of aromatic hydroxyl groups is 1. The molecule has 6 nitrogen and oxygen atoms in total. The van der Waals surface area contributed by atoms with Gasteiger partial charge >= 0.3 is 0 Å². The summed E-state index contributed by atoms with van der Waals surface area (Å²) in [5.74, 6) is -0.0461. The molecule has 4 rings (SSSR count). The molecule has 0 bridgehead atoms. The van der Waals surface area contributed by atoms with E-state index in [0.717, 1.165) is 11.1 Å². The van der Waals surface area contributed by atoms with Crippen LogP contribution in [0.15, 0.2) is 69.6 Å². The molecule has 3 aromatic carbocycles. The van der Waals surface area contributed by atoms with E-state index in [1.807, 2.05) is 31.2 Å². The van der Waals surface area contributed by atoms with Gasteiger partial charge in [-0.1, -0.05) is 18.2 Å². The average Bonchev–Trinajstić information content (AvgIpc) is 3.11. The molecular formula is C22H16BrN3O3S. The third-order valence-electron chi connectivity index (χ3n) is 4.37. The Morgan fingerprint density at radius 3 is 2.70 bits per heavy atom. The van der Waals surface area contributed by atoms with Crippen molar-refractivity contribution in [3.8, 4) is 17.2 Å². The van der Waals surface area contributed by atoms with Gasteiger partial charge < -0.3 is 14.8 Å². The maximum atomic E-state index is 12.3. The Balaban J connectivity index is 1.49. The third-order valence-corrected chi connectivity index (χ3v) is 5.27. The number of anilines is 1. The van der Waals surface area contributed by atoms with Gasteiger partial charge in [-0.3, -0.25) is 10.1 Å². The molecule has 8 heteroatoms. The zero-order valence-electron chi connectivity index (χ0n) is 15.8. The van der Waals surface area contributed by atoms with Crippen LogP contribution in [0.1, 0.15) is 15.9 Å². The number of aryl methyl sites for hydroxylation is 1. The first-order chi connectivity index (χ1) is 14.4. The summed E-state index contributed by atoms with van der Waals surface area (Å²) in [6, 6.07) is 17.6. The summed E-state index contributed by atoms with van der Waals surface area (Å²) in [5.41, 5.74) is 3.88. The highest BCUT2D eigenvalue weighted by atomic mass is 79.9. The van der Waals surface area contributed by atoms with Gasteiger partial charge in [0, 0.05) is 16.2 Å². The number of phenols is 1. The van der Waals surface area contributed by atoms with Crippen molar-refractivity contribution in [1.82, 2.24) is 10.3 Å². The molecule has 1 amide bonds. The van der Waals surface area contributed by atoms with Crippen molar-refractivity contribution in [3.63, 3.8) is 0 Å². The molecule has 0 aliphatic rings. The van der Waals surface area contributed by atoms with Gasteiger partial charge in [0.15, 0.2) is 10.7 Å². The van der Waals surface area contributed by atoms with E-state index in [0.29, 0.717) is 32.8 Å². The number of benzene rings is 3. The fraction of sp³-hybridized carbons (Fsp3) is 0.0455. The second-order valence-corrected chi connectivity index (χ2v) is 7.87. The molecule has 0 fully saturated rings. The van der Waals surface area contributed by atoms with Crippen LogP contribution in [0.3, 0.4) is 0 Å². The summed E-state index contributed by atoms with van der Waals surface area (Å²) in [4.78, 5) is 16.8. The molecule has 0 aliphatic heterocycles. The highest BCUT2D eigenvalue weighted by Gasteiger charge is 2.14. The number of hydrogen-bond acceptors (Lipinski definition) is 5. The number of halogens is 1. The molecular weight excluding hydrogens is 466 g/mol. The van der Waals surface area contributed by atoms with Crippen LogP contribution >= 0.6 is 28.1 Å². The van der Waals surface area contributed by atoms with Crippen molar-refractivity contribution < 1.29 is 14.3 Å². The predicted molar refractivity (Wildman–Crippen MR) is 124 cm³/mol. The molecule has 0 unspecified atom stereocenters. The molecule has 30 heavy (non-hydrogen) atoms. The van der Waals surface area contributed by atoms with Gasteiger partial charge in [0.2, 0.25) is 5.89 Å². The van der Waals surface area contributed by atoms with Crippen LogP contribution in [0.25, 0.3) is 22.6 Å². The number of thiocarbonyl (C=S) groups is 1. The Morgan fingerprint density at radius 1 is 1.13 bits per heavy atom. The van der Waals surface area contributed by atoms with Crippen molar-refractivity contribution in [2.24, 2.45) is 0 Å². The average molecular weight is 482 g/mol. The van der Waals surface area contributed by atoms with E-state index in [4.69, 9.17) is 16.6 Å². The van der Waals surface area contributed by atoms with Crippen LogP contribution in [-0.4, -0.2) is 21.1 Å². The second kappa shape index (κ2) is 8.25. The van der Waals surface area contributed by atoms with Crippen LogP contribution < -0.4 is 10.6 Å². The standard InChI is InChI=1S/C22H16BrN3O3S/c1-12-6-9-19-17(10-12)25-21(29-19)15-8-7-13(11-18(15)27)24-22(30)26-20(28)14-4-2-3-5-16(14)23/h2-11,27H,1H3,(H2,24,26,28,30). The van der Waals surface area contributed by atoms with Crippen molar-refractivity contribution in [1.29, 1.82) is 0 Å². The molecule has 1 aromatic heterocycles. The number of phenolic OH excluding ortho intramolecular Hbond substituents is 1. The monoisotopic (exact) mass is 481 g/mol. The Hall–Kier alpha value is -3.23. The first-order valence-corrected chi connectivity index (χ1v) is 10.2. The fourth-order valence-corrected chi connectivity index (χ4v) is 3.60. The Morgan fingerprint density at radius 2 is 1.93 bits per heavy atom. The largest absolute Gasteiger partial charge is 0.507 e. The van der Waals surface area contributed by atoms with E-state index >= 15 is 0 Å². The van der Waals surface area contributed by atoms with E-state index < -0.39 is 0 Å². The van der Waals surface area contributed by atoms with Gasteiger partial charge in [-0.15, -0.1) is 0 Å². The fourth-order valence-electron chi connectivity index (χ4n) is 2.92. The second-order valence-electron chi connectivity index (χ2n) is 6.61. The SMILES string of the molecule is Cc1ccc2oc(-c3ccc(NC(=S)NC(=O)c4ccccc4Br)cc3O)nc2c1. The minimum atomic E-state index is -0.345. The van der Waals surface area contributed by atoms with Crippen LogP contribution in [0, 0.1) is 6.92 Å². The lowest BCUT2D eigenvalue weighted by Gasteiger charge is -2.11. The lowest BCUT2D eigenvalue weighted by molar-refractivity contribution is 0.0977. The first kappa shape index (κ1) is 20.1. The highest BCUT2D eigenvalue weighted by Crippen LogP contribution is 2.33. The van der Waals surface area contributed by atoms with Crippen molar-refractivity contribution in [3.05, 3.63) is 76.3 Å². The molecule has 0 atom stereocenters. The van der Waals surface area contributed by atoms with Crippen LogP contribution in [0.4, 0.5) is 5.69 Å². The number of hydrogen-bond donors (Lipinski definition) is 3. The number of carbonyl (C=O) groups excluding carboxylic acids is 1.